The monoisotopic (exact) mass is 275 g/mol. The van der Waals surface area contributed by atoms with Gasteiger partial charge in [0.2, 0.25) is 0 Å². The summed E-state index contributed by atoms with van der Waals surface area (Å²) in [6.45, 7) is 4.24. The molecule has 1 unspecified atom stereocenters. The predicted octanol–water partition coefficient (Wildman–Crippen LogP) is 1.42. The average molecular weight is 275 g/mol. The molecule has 1 N–H and O–H groups in total. The maximum Gasteiger partial charge on any atom is 0.360 e. The molecule has 6 nitrogen and oxygen atoms in total. The van der Waals surface area contributed by atoms with Crippen LogP contribution in [0.2, 0.25) is 0 Å². The summed E-state index contributed by atoms with van der Waals surface area (Å²) >= 11 is 0. The van der Waals surface area contributed by atoms with Gasteiger partial charge in [-0.3, -0.25) is 0 Å². The van der Waals surface area contributed by atoms with Gasteiger partial charge >= 0.3 is 5.97 Å². The zero-order valence-corrected chi connectivity index (χ0v) is 11.7. The van der Waals surface area contributed by atoms with Crippen molar-refractivity contribution >= 4 is 5.97 Å². The molecule has 1 aromatic heterocycles. The number of hydrogen-bond donors (Lipinski definition) is 1. The van der Waals surface area contributed by atoms with E-state index in [2.05, 4.69) is 15.0 Å². The molecule has 0 spiro atoms. The maximum atomic E-state index is 11.3. The third kappa shape index (κ3) is 3.03. The molecule has 1 aromatic carbocycles. The molecule has 0 bridgehead atoms. The van der Waals surface area contributed by atoms with Gasteiger partial charge in [-0.25, -0.2) is 9.48 Å². The molecule has 1 heterocycles. The smallest absolute Gasteiger partial charge is 0.360 e. The number of aliphatic hydroxyl groups is 1. The second kappa shape index (κ2) is 5.83. The summed E-state index contributed by atoms with van der Waals surface area (Å²) in [6.07, 6.45) is 0.748. The molecule has 0 amide bonds. The van der Waals surface area contributed by atoms with Gasteiger partial charge in [-0.1, -0.05) is 23.4 Å². The number of benzene rings is 1. The number of aryl methyl sites for hydroxylation is 2. The van der Waals surface area contributed by atoms with Crippen LogP contribution in [0.3, 0.4) is 0 Å². The molecule has 0 aliphatic rings. The lowest BCUT2D eigenvalue weighted by Gasteiger charge is -2.12. The SMILES string of the molecule is COC(=O)c1cn(CC(O)c2ccc(C)c(C)c2)nn1. The van der Waals surface area contributed by atoms with Crippen LogP contribution in [0.25, 0.3) is 0 Å². The lowest BCUT2D eigenvalue weighted by Crippen LogP contribution is -2.09. The van der Waals surface area contributed by atoms with E-state index in [-0.39, 0.29) is 12.2 Å². The fraction of sp³-hybridized carbons (Fsp3) is 0.357. The molecule has 6 heteroatoms. The first-order valence-corrected chi connectivity index (χ1v) is 6.25. The Morgan fingerprint density at radius 2 is 2.15 bits per heavy atom. The number of carbonyl (C=O) groups is 1. The fourth-order valence-electron chi connectivity index (χ4n) is 1.84. The first-order valence-electron chi connectivity index (χ1n) is 6.25. The van der Waals surface area contributed by atoms with Crippen molar-refractivity contribution in [3.05, 3.63) is 46.8 Å². The second-order valence-electron chi connectivity index (χ2n) is 4.68. The van der Waals surface area contributed by atoms with Gasteiger partial charge in [-0.15, -0.1) is 5.10 Å². The molecular formula is C14H17N3O3. The van der Waals surface area contributed by atoms with E-state index in [1.54, 1.807) is 0 Å². The van der Waals surface area contributed by atoms with Crippen molar-refractivity contribution in [2.24, 2.45) is 0 Å². The normalized spacial score (nSPS) is 12.2. The molecule has 0 radical (unpaired) electrons. The number of rotatable bonds is 4. The summed E-state index contributed by atoms with van der Waals surface area (Å²) in [6, 6.07) is 5.79. The third-order valence-corrected chi connectivity index (χ3v) is 3.21. The van der Waals surface area contributed by atoms with Gasteiger partial charge in [0.15, 0.2) is 5.69 Å². The number of carbonyl (C=O) groups excluding carboxylic acids is 1. The van der Waals surface area contributed by atoms with E-state index in [9.17, 15) is 9.90 Å². The summed E-state index contributed by atoms with van der Waals surface area (Å²) < 4.78 is 5.97. The molecule has 2 rings (SSSR count). The minimum Gasteiger partial charge on any atom is -0.464 e. The first kappa shape index (κ1) is 14.2. The highest BCUT2D eigenvalue weighted by Gasteiger charge is 2.14. The van der Waals surface area contributed by atoms with Crippen LogP contribution in [0, 0.1) is 13.8 Å². The Kier molecular flexibility index (Phi) is 4.14. The molecule has 20 heavy (non-hydrogen) atoms. The number of aromatic nitrogens is 3. The van der Waals surface area contributed by atoms with Gasteiger partial charge in [0.1, 0.15) is 0 Å². The molecule has 1 atom stereocenters. The van der Waals surface area contributed by atoms with E-state index in [4.69, 9.17) is 0 Å². The Morgan fingerprint density at radius 1 is 1.40 bits per heavy atom. The molecule has 106 valence electrons. The van der Waals surface area contributed by atoms with Crippen molar-refractivity contribution in [2.45, 2.75) is 26.5 Å². The molecule has 0 fully saturated rings. The largest absolute Gasteiger partial charge is 0.464 e. The van der Waals surface area contributed by atoms with Crippen LogP contribution in [0.1, 0.15) is 33.3 Å². The van der Waals surface area contributed by atoms with E-state index in [1.807, 2.05) is 32.0 Å². The molecular weight excluding hydrogens is 258 g/mol. The molecule has 0 saturated carbocycles. The number of ether oxygens (including phenoxy) is 1. The first-order chi connectivity index (χ1) is 9.51. The molecule has 2 aromatic rings. The Labute approximate surface area is 117 Å². The van der Waals surface area contributed by atoms with E-state index in [1.165, 1.54) is 23.6 Å². The van der Waals surface area contributed by atoms with Crippen LogP contribution in [0.4, 0.5) is 0 Å². The standard InChI is InChI=1S/C14H17N3O3/c1-9-4-5-11(6-10(9)2)13(18)8-17-7-12(15-16-17)14(19)20-3/h4-7,13,18H,8H2,1-3H3. The van der Waals surface area contributed by atoms with Crippen LogP contribution >= 0.6 is 0 Å². The van der Waals surface area contributed by atoms with Crippen LogP contribution in [0.5, 0.6) is 0 Å². The molecule has 0 saturated heterocycles. The van der Waals surface area contributed by atoms with Crippen LogP contribution in [-0.4, -0.2) is 33.2 Å². The zero-order chi connectivity index (χ0) is 14.7. The zero-order valence-electron chi connectivity index (χ0n) is 11.7. The number of nitrogens with zero attached hydrogens (tertiary/aromatic N) is 3. The predicted molar refractivity (Wildman–Crippen MR) is 72.2 cm³/mol. The fourth-order valence-corrected chi connectivity index (χ4v) is 1.84. The maximum absolute atomic E-state index is 11.3. The topological polar surface area (TPSA) is 77.2 Å². The van der Waals surface area contributed by atoms with Gasteiger partial charge in [-0.2, -0.15) is 0 Å². The summed E-state index contributed by atoms with van der Waals surface area (Å²) in [5.41, 5.74) is 3.23. The number of hydrogen-bond acceptors (Lipinski definition) is 5. The Morgan fingerprint density at radius 3 is 2.80 bits per heavy atom. The Balaban J connectivity index is 2.10. The van der Waals surface area contributed by atoms with E-state index in [0.29, 0.717) is 0 Å². The lowest BCUT2D eigenvalue weighted by atomic mass is 10.0. The van der Waals surface area contributed by atoms with E-state index >= 15 is 0 Å². The quantitative estimate of drug-likeness (QED) is 0.854. The number of methoxy groups -OCH3 is 1. The number of aliphatic hydroxyl groups excluding tert-OH is 1. The van der Waals surface area contributed by atoms with Crippen molar-refractivity contribution in [2.75, 3.05) is 7.11 Å². The summed E-state index contributed by atoms with van der Waals surface area (Å²) in [7, 11) is 1.28. The highest BCUT2D eigenvalue weighted by Crippen LogP contribution is 2.18. The van der Waals surface area contributed by atoms with Crippen molar-refractivity contribution < 1.29 is 14.6 Å². The highest BCUT2D eigenvalue weighted by atomic mass is 16.5. The summed E-state index contributed by atoms with van der Waals surface area (Å²) in [4.78, 5) is 11.3. The van der Waals surface area contributed by atoms with Gasteiger partial charge < -0.3 is 9.84 Å². The van der Waals surface area contributed by atoms with E-state index in [0.717, 1.165) is 11.1 Å². The van der Waals surface area contributed by atoms with Gasteiger partial charge in [0.05, 0.1) is 26.0 Å². The molecule has 0 aliphatic carbocycles. The minimum absolute atomic E-state index is 0.125. The Hall–Kier alpha value is -2.21. The van der Waals surface area contributed by atoms with Crippen LogP contribution in [0.15, 0.2) is 24.4 Å². The van der Waals surface area contributed by atoms with Gasteiger partial charge in [-0.05, 0) is 30.5 Å². The van der Waals surface area contributed by atoms with Crippen molar-refractivity contribution in [1.29, 1.82) is 0 Å². The summed E-state index contributed by atoms with van der Waals surface area (Å²) in [5, 5.41) is 17.7. The van der Waals surface area contributed by atoms with Crippen LogP contribution < -0.4 is 0 Å². The second-order valence-corrected chi connectivity index (χ2v) is 4.68. The lowest BCUT2D eigenvalue weighted by molar-refractivity contribution is 0.0593. The van der Waals surface area contributed by atoms with Crippen molar-refractivity contribution in [3.63, 3.8) is 0 Å². The van der Waals surface area contributed by atoms with Gasteiger partial charge in [0, 0.05) is 0 Å². The van der Waals surface area contributed by atoms with Crippen LogP contribution in [-0.2, 0) is 11.3 Å². The van der Waals surface area contributed by atoms with Gasteiger partial charge in [0.25, 0.3) is 0 Å². The third-order valence-electron chi connectivity index (χ3n) is 3.21. The number of esters is 1. The van der Waals surface area contributed by atoms with Crippen molar-refractivity contribution in [1.82, 2.24) is 15.0 Å². The van der Waals surface area contributed by atoms with Crippen molar-refractivity contribution in [3.8, 4) is 0 Å². The van der Waals surface area contributed by atoms with E-state index < -0.39 is 12.1 Å². The molecule has 0 aliphatic heterocycles. The Bertz CT molecular complexity index is 622. The minimum atomic E-state index is -0.707. The highest BCUT2D eigenvalue weighted by molar-refractivity contribution is 5.86. The summed E-state index contributed by atoms with van der Waals surface area (Å²) in [5.74, 6) is -0.545. The average Bonchev–Trinajstić information content (AvgIpc) is 2.89.